The van der Waals surface area contributed by atoms with Crippen LogP contribution in [0.5, 0.6) is 0 Å². The average Bonchev–Trinajstić information content (AvgIpc) is 2.29. The summed E-state index contributed by atoms with van der Waals surface area (Å²) in [5.41, 5.74) is 1.15. The summed E-state index contributed by atoms with van der Waals surface area (Å²) in [6.45, 7) is 1.13. The molecule has 0 aliphatic carbocycles. The lowest BCUT2D eigenvalue weighted by atomic mass is 10.1. The van der Waals surface area contributed by atoms with Gasteiger partial charge in [0, 0.05) is 12.1 Å². The summed E-state index contributed by atoms with van der Waals surface area (Å²) in [6, 6.07) is 6.48. The maximum atomic E-state index is 11.8. The zero-order valence-electron chi connectivity index (χ0n) is 8.99. The van der Waals surface area contributed by atoms with Crippen LogP contribution in [0.2, 0.25) is 0 Å². The summed E-state index contributed by atoms with van der Waals surface area (Å²) in [6.07, 6.45) is 1.32. The van der Waals surface area contributed by atoms with Crippen LogP contribution in [0.1, 0.15) is 12.0 Å². The lowest BCUT2D eigenvalue weighted by molar-refractivity contribution is -0.384. The molecule has 1 N–H and O–H groups in total. The predicted molar refractivity (Wildman–Crippen MR) is 60.3 cm³/mol. The van der Waals surface area contributed by atoms with Crippen LogP contribution in [0.4, 0.5) is 10.1 Å². The average molecular weight is 226 g/mol. The smallest absolute Gasteiger partial charge is 0.269 e. The van der Waals surface area contributed by atoms with Crippen molar-refractivity contribution in [3.8, 4) is 0 Å². The third-order valence-corrected chi connectivity index (χ3v) is 2.22. The Balaban J connectivity index is 2.29. The van der Waals surface area contributed by atoms with E-state index in [1.54, 1.807) is 12.1 Å². The molecule has 1 aromatic carbocycles. The summed E-state index contributed by atoms with van der Waals surface area (Å²) in [5, 5.41) is 13.5. The number of non-ortho nitro benzene ring substituents is 1. The van der Waals surface area contributed by atoms with Gasteiger partial charge >= 0.3 is 0 Å². The third-order valence-electron chi connectivity index (χ3n) is 2.22. The molecule has 0 heterocycles. The highest BCUT2D eigenvalue weighted by atomic mass is 19.1. The molecule has 0 saturated carbocycles. The SMILES string of the molecule is O=[N+]([O-])c1ccc(CCNCCCF)cc1. The van der Waals surface area contributed by atoms with E-state index < -0.39 is 4.92 Å². The highest BCUT2D eigenvalue weighted by molar-refractivity contribution is 5.32. The van der Waals surface area contributed by atoms with Crippen molar-refractivity contribution >= 4 is 5.69 Å². The summed E-state index contributed by atoms with van der Waals surface area (Å²) in [7, 11) is 0. The molecule has 16 heavy (non-hydrogen) atoms. The largest absolute Gasteiger partial charge is 0.316 e. The maximum absolute atomic E-state index is 11.8. The Bertz CT molecular complexity index is 327. The fourth-order valence-electron chi connectivity index (χ4n) is 1.33. The van der Waals surface area contributed by atoms with Gasteiger partial charge in [-0.25, -0.2) is 0 Å². The highest BCUT2D eigenvalue weighted by Crippen LogP contribution is 2.11. The molecule has 0 fully saturated rings. The normalized spacial score (nSPS) is 10.3. The van der Waals surface area contributed by atoms with Gasteiger partial charge in [-0.2, -0.15) is 0 Å². The van der Waals surface area contributed by atoms with E-state index in [0.717, 1.165) is 18.5 Å². The molecule has 0 radical (unpaired) electrons. The van der Waals surface area contributed by atoms with Crippen molar-refractivity contribution in [3.63, 3.8) is 0 Å². The summed E-state index contributed by atoms with van der Waals surface area (Å²) in [5.74, 6) is 0. The van der Waals surface area contributed by atoms with Crippen molar-refractivity contribution in [1.29, 1.82) is 0 Å². The lowest BCUT2D eigenvalue weighted by Crippen LogP contribution is -2.18. The van der Waals surface area contributed by atoms with E-state index in [1.807, 2.05) is 0 Å². The van der Waals surface area contributed by atoms with E-state index in [9.17, 15) is 14.5 Å². The molecule has 1 aromatic rings. The maximum Gasteiger partial charge on any atom is 0.269 e. The Labute approximate surface area is 93.6 Å². The van der Waals surface area contributed by atoms with Crippen molar-refractivity contribution in [1.82, 2.24) is 5.32 Å². The molecule has 1 rings (SSSR count). The van der Waals surface area contributed by atoms with Gasteiger partial charge in [-0.15, -0.1) is 0 Å². The molecule has 0 spiro atoms. The zero-order valence-corrected chi connectivity index (χ0v) is 8.99. The second kappa shape index (κ2) is 6.90. The number of hydrogen-bond acceptors (Lipinski definition) is 3. The van der Waals surface area contributed by atoms with Crippen LogP contribution in [-0.4, -0.2) is 24.7 Å². The Kier molecular flexibility index (Phi) is 5.42. The van der Waals surface area contributed by atoms with Gasteiger partial charge in [0.1, 0.15) is 0 Å². The Hall–Kier alpha value is -1.49. The fraction of sp³-hybridized carbons (Fsp3) is 0.455. The molecule has 0 amide bonds. The molecule has 0 aliphatic rings. The Morgan fingerprint density at radius 2 is 1.94 bits per heavy atom. The summed E-state index contributed by atoms with van der Waals surface area (Å²) >= 11 is 0. The standard InChI is InChI=1S/C11H15FN2O2/c12-7-1-8-13-9-6-10-2-4-11(5-3-10)14(15)16/h2-5,13H,1,6-9H2. The Morgan fingerprint density at radius 3 is 2.50 bits per heavy atom. The molecular formula is C11H15FN2O2. The van der Waals surface area contributed by atoms with Crippen LogP contribution in [0, 0.1) is 10.1 Å². The molecule has 4 nitrogen and oxygen atoms in total. The van der Waals surface area contributed by atoms with Crippen molar-refractivity contribution in [2.75, 3.05) is 19.8 Å². The highest BCUT2D eigenvalue weighted by Gasteiger charge is 2.03. The van der Waals surface area contributed by atoms with E-state index in [-0.39, 0.29) is 12.4 Å². The van der Waals surface area contributed by atoms with E-state index in [2.05, 4.69) is 5.32 Å². The quantitative estimate of drug-likeness (QED) is 0.440. The van der Waals surface area contributed by atoms with E-state index >= 15 is 0 Å². The monoisotopic (exact) mass is 226 g/mol. The first-order chi connectivity index (χ1) is 7.74. The number of alkyl halides is 1. The minimum atomic E-state index is -0.413. The van der Waals surface area contributed by atoms with E-state index in [0.29, 0.717) is 13.0 Å². The topological polar surface area (TPSA) is 55.2 Å². The van der Waals surface area contributed by atoms with Crippen LogP contribution in [0.15, 0.2) is 24.3 Å². The summed E-state index contributed by atoms with van der Waals surface area (Å²) < 4.78 is 11.8. The molecule has 0 atom stereocenters. The van der Waals surface area contributed by atoms with Gasteiger partial charge in [-0.05, 0) is 31.5 Å². The lowest BCUT2D eigenvalue weighted by Gasteiger charge is -2.03. The van der Waals surface area contributed by atoms with E-state index in [1.165, 1.54) is 12.1 Å². The zero-order chi connectivity index (χ0) is 11.8. The fourth-order valence-corrected chi connectivity index (χ4v) is 1.33. The van der Waals surface area contributed by atoms with Crippen molar-refractivity contribution in [2.24, 2.45) is 0 Å². The molecule has 0 unspecified atom stereocenters. The van der Waals surface area contributed by atoms with Gasteiger partial charge in [-0.3, -0.25) is 14.5 Å². The minimum absolute atomic E-state index is 0.106. The van der Waals surface area contributed by atoms with Gasteiger partial charge in [-0.1, -0.05) is 12.1 Å². The number of rotatable bonds is 7. The number of nitro groups is 1. The molecule has 0 aromatic heterocycles. The van der Waals surface area contributed by atoms with Crippen molar-refractivity contribution < 1.29 is 9.31 Å². The van der Waals surface area contributed by atoms with Crippen molar-refractivity contribution in [2.45, 2.75) is 12.8 Å². The second-order valence-corrected chi connectivity index (χ2v) is 3.47. The molecule has 88 valence electrons. The molecule has 0 bridgehead atoms. The van der Waals surface area contributed by atoms with Crippen LogP contribution in [0.3, 0.4) is 0 Å². The van der Waals surface area contributed by atoms with Gasteiger partial charge in [0.2, 0.25) is 0 Å². The van der Waals surface area contributed by atoms with Crippen LogP contribution in [0.25, 0.3) is 0 Å². The van der Waals surface area contributed by atoms with Gasteiger partial charge in [0.05, 0.1) is 11.6 Å². The van der Waals surface area contributed by atoms with Gasteiger partial charge in [0.25, 0.3) is 5.69 Å². The predicted octanol–water partition coefficient (Wildman–Crippen LogP) is 2.09. The molecule has 0 aliphatic heterocycles. The van der Waals surface area contributed by atoms with Gasteiger partial charge in [0.15, 0.2) is 0 Å². The summed E-state index contributed by atoms with van der Waals surface area (Å²) in [4.78, 5) is 9.99. The number of benzene rings is 1. The second-order valence-electron chi connectivity index (χ2n) is 3.47. The number of halogens is 1. The number of nitrogens with one attached hydrogen (secondary N) is 1. The van der Waals surface area contributed by atoms with Crippen molar-refractivity contribution in [3.05, 3.63) is 39.9 Å². The molecule has 5 heteroatoms. The number of hydrogen-bond donors (Lipinski definition) is 1. The van der Waals surface area contributed by atoms with Crippen LogP contribution >= 0.6 is 0 Å². The first-order valence-electron chi connectivity index (χ1n) is 5.24. The third kappa shape index (κ3) is 4.35. The molecular weight excluding hydrogens is 211 g/mol. The minimum Gasteiger partial charge on any atom is -0.316 e. The first kappa shape index (κ1) is 12.6. The first-order valence-corrected chi connectivity index (χ1v) is 5.24. The number of nitrogens with zero attached hydrogens (tertiary/aromatic N) is 1. The Morgan fingerprint density at radius 1 is 1.25 bits per heavy atom. The van der Waals surface area contributed by atoms with Gasteiger partial charge < -0.3 is 5.32 Å². The van der Waals surface area contributed by atoms with Crippen LogP contribution in [-0.2, 0) is 6.42 Å². The molecule has 0 saturated heterocycles. The number of nitro benzene ring substituents is 1. The van der Waals surface area contributed by atoms with E-state index in [4.69, 9.17) is 0 Å². The van der Waals surface area contributed by atoms with Crippen LogP contribution < -0.4 is 5.32 Å².